The molecule has 0 amide bonds. The highest BCUT2D eigenvalue weighted by molar-refractivity contribution is 5.88. The highest BCUT2D eigenvalue weighted by atomic mass is 16.7. The highest BCUT2D eigenvalue weighted by Gasteiger charge is 2.39. The first-order chi connectivity index (χ1) is 14.7. The topological polar surface area (TPSA) is 190 Å². The number of phenolic OH excluding ortho intramolecular Hbond substituents is 3. The predicted molar refractivity (Wildman–Crippen MR) is 103 cm³/mol. The van der Waals surface area contributed by atoms with Crippen molar-refractivity contribution in [2.45, 2.75) is 24.6 Å². The van der Waals surface area contributed by atoms with E-state index in [-0.39, 0.29) is 40.4 Å². The summed E-state index contributed by atoms with van der Waals surface area (Å²) in [6.07, 6.45) is -5.89. The third-order valence-electron chi connectivity index (χ3n) is 4.85. The van der Waals surface area contributed by atoms with Crippen LogP contribution in [-0.2, 0) is 4.74 Å². The van der Waals surface area contributed by atoms with Crippen LogP contribution in [-0.4, -0.2) is 67.0 Å². The molecule has 11 nitrogen and oxygen atoms in total. The zero-order chi connectivity index (χ0) is 22.4. The number of aromatic hydroxyl groups is 4. The van der Waals surface area contributed by atoms with Gasteiger partial charge in [-0.1, -0.05) is 0 Å². The second-order valence-corrected chi connectivity index (χ2v) is 7.00. The molecule has 1 aliphatic rings. The van der Waals surface area contributed by atoms with Gasteiger partial charge >= 0.3 is 0 Å². The summed E-state index contributed by atoms with van der Waals surface area (Å²) in [5.74, 6) is -2.76. The molecular formula is C20H18O11. The van der Waals surface area contributed by atoms with E-state index < -0.39 is 47.3 Å². The Kier molecular flexibility index (Phi) is 5.11. The Labute approximate surface area is 173 Å². The fourth-order valence-corrected chi connectivity index (χ4v) is 3.23. The van der Waals surface area contributed by atoms with Crippen LogP contribution < -0.4 is 10.2 Å². The van der Waals surface area contributed by atoms with Crippen LogP contribution in [0.4, 0.5) is 0 Å². The molecule has 3 aromatic rings. The molecule has 0 unspecified atom stereocenters. The van der Waals surface area contributed by atoms with E-state index >= 15 is 0 Å². The third-order valence-corrected chi connectivity index (χ3v) is 4.85. The van der Waals surface area contributed by atoms with Gasteiger partial charge < -0.3 is 49.6 Å². The SMILES string of the molecule is O=c1c(O)c(-c2ccc(O)c(O[C@@H]3OC[C@@H](O)[C@@H](O)[C@@H]3O)c2)oc2cc(O)cc(O)c12. The quantitative estimate of drug-likeness (QED) is 0.296. The average molecular weight is 434 g/mol. The van der Waals surface area contributed by atoms with Crippen molar-refractivity contribution in [2.75, 3.05) is 6.61 Å². The van der Waals surface area contributed by atoms with Crippen molar-refractivity contribution in [3.8, 4) is 40.1 Å². The van der Waals surface area contributed by atoms with E-state index in [0.717, 1.165) is 18.2 Å². The van der Waals surface area contributed by atoms with Crippen molar-refractivity contribution in [1.82, 2.24) is 0 Å². The molecule has 0 radical (unpaired) electrons. The van der Waals surface area contributed by atoms with Gasteiger partial charge in [0.05, 0.1) is 6.61 Å². The second-order valence-electron chi connectivity index (χ2n) is 7.00. The molecule has 2 heterocycles. The minimum atomic E-state index is -1.62. The van der Waals surface area contributed by atoms with Crippen LogP contribution >= 0.6 is 0 Å². The first-order valence-electron chi connectivity index (χ1n) is 9.05. The van der Waals surface area contributed by atoms with Crippen LogP contribution in [0.2, 0.25) is 0 Å². The molecule has 4 rings (SSSR count). The standard InChI is InChI=1S/C20H18O11/c21-8-4-10(23)14-13(5-8)30-19(17(27)16(14)26)7-1-2-9(22)12(3-7)31-20-18(28)15(25)11(24)6-29-20/h1-5,11,15,18,20-25,27-28H,6H2/t11-,15-,18+,20+/m1/s1. The Morgan fingerprint density at radius 1 is 0.935 bits per heavy atom. The van der Waals surface area contributed by atoms with Crippen LogP contribution in [0, 0.1) is 0 Å². The lowest BCUT2D eigenvalue weighted by molar-refractivity contribution is -0.242. The summed E-state index contributed by atoms with van der Waals surface area (Å²) in [5.41, 5.74) is -1.08. The number of aliphatic hydroxyl groups is 3. The number of aliphatic hydroxyl groups excluding tert-OH is 3. The van der Waals surface area contributed by atoms with E-state index in [9.17, 15) is 40.5 Å². The van der Waals surface area contributed by atoms with E-state index in [1.54, 1.807) is 0 Å². The largest absolute Gasteiger partial charge is 0.508 e. The zero-order valence-corrected chi connectivity index (χ0v) is 15.7. The fraction of sp³-hybridized carbons (Fsp3) is 0.250. The Balaban J connectivity index is 1.76. The maximum Gasteiger partial charge on any atom is 0.238 e. The van der Waals surface area contributed by atoms with Crippen LogP contribution in [0.1, 0.15) is 0 Å². The van der Waals surface area contributed by atoms with E-state index in [1.807, 2.05) is 0 Å². The Hall–Kier alpha value is -3.51. The Bertz CT molecular complexity index is 1200. The number of phenols is 3. The normalized spacial score (nSPS) is 23.7. The van der Waals surface area contributed by atoms with Crippen molar-refractivity contribution in [2.24, 2.45) is 0 Å². The fourth-order valence-electron chi connectivity index (χ4n) is 3.23. The maximum atomic E-state index is 12.5. The molecule has 1 fully saturated rings. The molecule has 31 heavy (non-hydrogen) atoms. The number of rotatable bonds is 3. The number of benzene rings is 2. The van der Waals surface area contributed by atoms with Crippen LogP contribution in [0.15, 0.2) is 39.5 Å². The van der Waals surface area contributed by atoms with Crippen LogP contribution in [0.5, 0.6) is 28.7 Å². The lowest BCUT2D eigenvalue weighted by Crippen LogP contribution is -2.54. The highest BCUT2D eigenvalue weighted by Crippen LogP contribution is 2.38. The zero-order valence-electron chi connectivity index (χ0n) is 15.7. The molecule has 4 atom stereocenters. The number of ether oxygens (including phenoxy) is 2. The first kappa shape index (κ1) is 20.8. The molecule has 0 spiro atoms. The summed E-state index contributed by atoms with van der Waals surface area (Å²) < 4.78 is 16.0. The number of hydrogen-bond donors (Lipinski definition) is 7. The van der Waals surface area contributed by atoms with Gasteiger partial charge in [-0.25, -0.2) is 0 Å². The van der Waals surface area contributed by atoms with Gasteiger partial charge in [0.1, 0.15) is 40.8 Å². The minimum Gasteiger partial charge on any atom is -0.508 e. The third kappa shape index (κ3) is 3.59. The predicted octanol–water partition coefficient (Wildman–Crippen LogP) is 0.100. The van der Waals surface area contributed by atoms with Crippen LogP contribution in [0.25, 0.3) is 22.3 Å². The van der Waals surface area contributed by atoms with Gasteiger partial charge in [-0.15, -0.1) is 0 Å². The molecule has 0 saturated carbocycles. The van der Waals surface area contributed by atoms with Gasteiger partial charge in [0.2, 0.25) is 17.5 Å². The van der Waals surface area contributed by atoms with Gasteiger partial charge in [0, 0.05) is 17.7 Å². The van der Waals surface area contributed by atoms with Crippen molar-refractivity contribution in [1.29, 1.82) is 0 Å². The van der Waals surface area contributed by atoms with E-state index in [1.165, 1.54) is 12.1 Å². The summed E-state index contributed by atoms with van der Waals surface area (Å²) in [6, 6.07) is 5.64. The molecule has 7 N–H and O–H groups in total. The van der Waals surface area contributed by atoms with Crippen molar-refractivity contribution in [3.63, 3.8) is 0 Å². The molecule has 0 bridgehead atoms. The van der Waals surface area contributed by atoms with Gasteiger partial charge in [-0.2, -0.15) is 0 Å². The van der Waals surface area contributed by atoms with Crippen molar-refractivity contribution < 1.29 is 49.6 Å². The van der Waals surface area contributed by atoms with Gasteiger partial charge in [-0.3, -0.25) is 4.79 Å². The minimum absolute atomic E-state index is 0.0676. The Morgan fingerprint density at radius 2 is 1.68 bits per heavy atom. The molecule has 1 aromatic heterocycles. The first-order valence-corrected chi connectivity index (χ1v) is 9.05. The lowest BCUT2D eigenvalue weighted by Gasteiger charge is -2.35. The molecule has 0 aliphatic carbocycles. The summed E-state index contributed by atoms with van der Waals surface area (Å²) in [5, 5.41) is 68.9. The summed E-state index contributed by atoms with van der Waals surface area (Å²) >= 11 is 0. The molecule has 2 aromatic carbocycles. The second kappa shape index (κ2) is 7.63. The monoisotopic (exact) mass is 434 g/mol. The number of fused-ring (bicyclic) bond motifs is 1. The van der Waals surface area contributed by atoms with Crippen molar-refractivity contribution >= 4 is 11.0 Å². The average Bonchev–Trinajstić information content (AvgIpc) is 2.72. The maximum absolute atomic E-state index is 12.5. The summed E-state index contributed by atoms with van der Waals surface area (Å²) in [7, 11) is 0. The van der Waals surface area contributed by atoms with E-state index in [2.05, 4.69) is 0 Å². The smallest absolute Gasteiger partial charge is 0.238 e. The van der Waals surface area contributed by atoms with E-state index in [4.69, 9.17) is 13.9 Å². The van der Waals surface area contributed by atoms with Gasteiger partial charge in [0.25, 0.3) is 0 Å². The molecule has 164 valence electrons. The summed E-state index contributed by atoms with van der Waals surface area (Å²) in [6.45, 7) is -0.323. The summed E-state index contributed by atoms with van der Waals surface area (Å²) in [4.78, 5) is 12.5. The lowest BCUT2D eigenvalue weighted by atomic mass is 10.1. The van der Waals surface area contributed by atoms with Crippen LogP contribution in [0.3, 0.4) is 0 Å². The Morgan fingerprint density at radius 3 is 2.42 bits per heavy atom. The van der Waals surface area contributed by atoms with Crippen molar-refractivity contribution in [3.05, 3.63) is 40.6 Å². The van der Waals surface area contributed by atoms with Gasteiger partial charge in [-0.05, 0) is 18.2 Å². The molecule has 1 saturated heterocycles. The molecular weight excluding hydrogens is 416 g/mol. The molecule has 1 aliphatic heterocycles. The van der Waals surface area contributed by atoms with Gasteiger partial charge in [0.15, 0.2) is 17.3 Å². The van der Waals surface area contributed by atoms with E-state index in [0.29, 0.717) is 0 Å². The molecule has 11 heteroatoms. The number of hydrogen-bond acceptors (Lipinski definition) is 11.